The fraction of sp³-hybridized carbons (Fsp3) is 0.235. The predicted molar refractivity (Wildman–Crippen MR) is 86.3 cm³/mol. The van der Waals surface area contributed by atoms with Crippen molar-refractivity contribution in [3.8, 4) is 0 Å². The SMILES string of the molecule is CCc1cccc(NC(=O)c2cccn2Cc2noc(C)n2)c1. The molecule has 0 aliphatic carbocycles. The van der Waals surface area contributed by atoms with Crippen molar-refractivity contribution in [1.82, 2.24) is 14.7 Å². The standard InChI is InChI=1S/C17H18N4O2/c1-3-13-6-4-7-14(10-13)19-17(22)15-8-5-9-21(15)11-16-18-12(2)23-20-16/h4-10H,3,11H2,1-2H3,(H,19,22). The summed E-state index contributed by atoms with van der Waals surface area (Å²) in [6.07, 6.45) is 2.75. The van der Waals surface area contributed by atoms with Gasteiger partial charge in [0.1, 0.15) is 5.69 Å². The van der Waals surface area contributed by atoms with Gasteiger partial charge in [-0.2, -0.15) is 4.98 Å². The lowest BCUT2D eigenvalue weighted by Crippen LogP contribution is -2.17. The summed E-state index contributed by atoms with van der Waals surface area (Å²) in [4.78, 5) is 16.7. The Labute approximate surface area is 134 Å². The summed E-state index contributed by atoms with van der Waals surface area (Å²) in [6.45, 7) is 4.21. The second-order valence-electron chi connectivity index (χ2n) is 5.26. The van der Waals surface area contributed by atoms with Crippen LogP contribution in [0.4, 0.5) is 5.69 Å². The molecule has 6 nitrogen and oxygen atoms in total. The monoisotopic (exact) mass is 310 g/mol. The van der Waals surface area contributed by atoms with Crippen LogP contribution >= 0.6 is 0 Å². The Morgan fingerprint density at radius 3 is 2.91 bits per heavy atom. The molecule has 0 saturated heterocycles. The average molecular weight is 310 g/mol. The largest absolute Gasteiger partial charge is 0.340 e. The molecule has 0 fully saturated rings. The lowest BCUT2D eigenvalue weighted by molar-refractivity contribution is 0.101. The van der Waals surface area contributed by atoms with Crippen LogP contribution in [0.2, 0.25) is 0 Å². The molecule has 0 radical (unpaired) electrons. The number of anilines is 1. The van der Waals surface area contributed by atoms with E-state index in [0.717, 1.165) is 12.1 Å². The number of hydrogen-bond acceptors (Lipinski definition) is 4. The highest BCUT2D eigenvalue weighted by atomic mass is 16.5. The van der Waals surface area contributed by atoms with Gasteiger partial charge in [0.05, 0.1) is 6.54 Å². The van der Waals surface area contributed by atoms with Crippen molar-refractivity contribution >= 4 is 11.6 Å². The maximum atomic E-state index is 12.5. The molecule has 6 heteroatoms. The molecular weight excluding hydrogens is 292 g/mol. The highest BCUT2D eigenvalue weighted by Gasteiger charge is 2.13. The quantitative estimate of drug-likeness (QED) is 0.786. The van der Waals surface area contributed by atoms with E-state index in [4.69, 9.17) is 4.52 Å². The van der Waals surface area contributed by atoms with Crippen molar-refractivity contribution in [2.24, 2.45) is 0 Å². The Balaban J connectivity index is 1.76. The summed E-state index contributed by atoms with van der Waals surface area (Å²) < 4.78 is 6.75. The van der Waals surface area contributed by atoms with Gasteiger partial charge in [0.2, 0.25) is 5.89 Å². The number of nitrogens with zero attached hydrogens (tertiary/aromatic N) is 3. The van der Waals surface area contributed by atoms with E-state index >= 15 is 0 Å². The van der Waals surface area contributed by atoms with E-state index < -0.39 is 0 Å². The molecular formula is C17H18N4O2. The van der Waals surface area contributed by atoms with Crippen molar-refractivity contribution in [2.45, 2.75) is 26.8 Å². The van der Waals surface area contributed by atoms with Gasteiger partial charge in [-0.3, -0.25) is 4.79 Å². The minimum absolute atomic E-state index is 0.163. The molecule has 1 amide bonds. The third kappa shape index (κ3) is 3.48. The average Bonchev–Trinajstić information content (AvgIpc) is 3.17. The van der Waals surface area contributed by atoms with E-state index in [1.54, 1.807) is 17.6 Å². The number of carbonyl (C=O) groups excluding carboxylic acids is 1. The van der Waals surface area contributed by atoms with Gasteiger partial charge in [-0.1, -0.05) is 24.2 Å². The second-order valence-corrected chi connectivity index (χ2v) is 5.26. The van der Waals surface area contributed by atoms with Gasteiger partial charge in [-0.05, 0) is 36.2 Å². The van der Waals surface area contributed by atoms with Gasteiger partial charge in [-0.25, -0.2) is 0 Å². The van der Waals surface area contributed by atoms with Crippen LogP contribution in [0.3, 0.4) is 0 Å². The molecule has 1 N–H and O–H groups in total. The topological polar surface area (TPSA) is 73.0 Å². The number of carbonyl (C=O) groups is 1. The Bertz CT molecular complexity index is 819. The van der Waals surface area contributed by atoms with Crippen LogP contribution in [-0.2, 0) is 13.0 Å². The summed E-state index contributed by atoms with van der Waals surface area (Å²) >= 11 is 0. The number of benzene rings is 1. The van der Waals surface area contributed by atoms with Gasteiger partial charge in [-0.15, -0.1) is 0 Å². The zero-order chi connectivity index (χ0) is 16.2. The van der Waals surface area contributed by atoms with E-state index in [9.17, 15) is 4.79 Å². The summed E-state index contributed by atoms with van der Waals surface area (Å²) in [5.74, 6) is 0.888. The molecule has 23 heavy (non-hydrogen) atoms. The van der Waals surface area contributed by atoms with E-state index in [1.165, 1.54) is 5.56 Å². The summed E-state index contributed by atoms with van der Waals surface area (Å²) in [6, 6.07) is 11.4. The van der Waals surface area contributed by atoms with E-state index in [2.05, 4.69) is 22.4 Å². The van der Waals surface area contributed by atoms with Gasteiger partial charge < -0.3 is 14.4 Å². The molecule has 2 heterocycles. The number of amides is 1. The summed E-state index contributed by atoms with van der Waals surface area (Å²) in [5, 5.41) is 6.79. The van der Waals surface area contributed by atoms with Crippen molar-refractivity contribution in [2.75, 3.05) is 5.32 Å². The van der Waals surface area contributed by atoms with Crippen LogP contribution < -0.4 is 5.32 Å². The summed E-state index contributed by atoms with van der Waals surface area (Å²) in [5.41, 5.74) is 2.52. The molecule has 3 aromatic rings. The molecule has 0 atom stereocenters. The molecule has 0 spiro atoms. The maximum absolute atomic E-state index is 12.5. The first-order chi connectivity index (χ1) is 11.2. The maximum Gasteiger partial charge on any atom is 0.272 e. The molecule has 1 aromatic carbocycles. The molecule has 0 saturated carbocycles. The predicted octanol–water partition coefficient (Wildman–Crippen LogP) is 3.04. The third-order valence-electron chi connectivity index (χ3n) is 3.54. The molecule has 0 aliphatic heterocycles. The molecule has 0 unspecified atom stereocenters. The molecule has 3 rings (SSSR count). The fourth-order valence-corrected chi connectivity index (χ4v) is 2.38. The second kappa shape index (κ2) is 6.48. The fourth-order valence-electron chi connectivity index (χ4n) is 2.38. The van der Waals surface area contributed by atoms with Crippen LogP contribution in [-0.4, -0.2) is 20.6 Å². The lowest BCUT2D eigenvalue weighted by atomic mass is 10.1. The number of aromatic nitrogens is 3. The highest BCUT2D eigenvalue weighted by molar-refractivity contribution is 6.03. The van der Waals surface area contributed by atoms with Gasteiger partial charge in [0, 0.05) is 18.8 Å². The van der Waals surface area contributed by atoms with Crippen LogP contribution in [0.15, 0.2) is 47.1 Å². The van der Waals surface area contributed by atoms with Crippen molar-refractivity contribution < 1.29 is 9.32 Å². The van der Waals surface area contributed by atoms with E-state index in [0.29, 0.717) is 24.0 Å². The first-order valence-electron chi connectivity index (χ1n) is 7.50. The van der Waals surface area contributed by atoms with Gasteiger partial charge in [0.25, 0.3) is 5.91 Å². The van der Waals surface area contributed by atoms with Crippen molar-refractivity contribution in [3.63, 3.8) is 0 Å². The van der Waals surface area contributed by atoms with Gasteiger partial charge in [0.15, 0.2) is 5.82 Å². The minimum atomic E-state index is -0.163. The highest BCUT2D eigenvalue weighted by Crippen LogP contribution is 2.14. The summed E-state index contributed by atoms with van der Waals surface area (Å²) in [7, 11) is 0. The molecule has 0 aliphatic rings. The van der Waals surface area contributed by atoms with Crippen LogP contribution in [0.1, 0.15) is 34.7 Å². The Kier molecular flexibility index (Phi) is 4.23. The number of nitrogens with one attached hydrogen (secondary N) is 1. The Morgan fingerprint density at radius 1 is 1.30 bits per heavy atom. The first kappa shape index (κ1) is 15.0. The Morgan fingerprint density at radius 2 is 2.17 bits per heavy atom. The number of aryl methyl sites for hydroxylation is 2. The van der Waals surface area contributed by atoms with E-state index in [1.807, 2.05) is 36.5 Å². The lowest BCUT2D eigenvalue weighted by Gasteiger charge is -2.09. The normalized spacial score (nSPS) is 10.7. The van der Waals surface area contributed by atoms with Crippen LogP contribution in [0, 0.1) is 6.92 Å². The zero-order valence-corrected chi connectivity index (χ0v) is 13.1. The van der Waals surface area contributed by atoms with Crippen LogP contribution in [0.5, 0.6) is 0 Å². The van der Waals surface area contributed by atoms with Gasteiger partial charge >= 0.3 is 0 Å². The number of hydrogen-bond donors (Lipinski definition) is 1. The van der Waals surface area contributed by atoms with Crippen molar-refractivity contribution in [3.05, 3.63) is 65.6 Å². The van der Waals surface area contributed by atoms with E-state index in [-0.39, 0.29) is 5.91 Å². The molecule has 118 valence electrons. The number of rotatable bonds is 5. The smallest absolute Gasteiger partial charge is 0.272 e. The third-order valence-corrected chi connectivity index (χ3v) is 3.54. The molecule has 2 aromatic heterocycles. The first-order valence-corrected chi connectivity index (χ1v) is 7.50. The van der Waals surface area contributed by atoms with Crippen LogP contribution in [0.25, 0.3) is 0 Å². The van der Waals surface area contributed by atoms with Crippen molar-refractivity contribution in [1.29, 1.82) is 0 Å². The zero-order valence-electron chi connectivity index (χ0n) is 13.1. The molecule has 0 bridgehead atoms. The minimum Gasteiger partial charge on any atom is -0.340 e. The Hall–Kier alpha value is -2.89.